The maximum atomic E-state index is 13.5. The van der Waals surface area contributed by atoms with Gasteiger partial charge in [-0.25, -0.2) is 8.42 Å². The molecule has 0 unspecified atom stereocenters. The fraction of sp³-hybridized carbons (Fsp3) is 0.520. The third-order valence-corrected chi connectivity index (χ3v) is 8.47. The number of nitrogens with zero attached hydrogens (tertiary/aromatic N) is 4. The number of fused-ring (bicyclic) bond motifs is 1. The number of aliphatic hydroxyl groups is 1. The van der Waals surface area contributed by atoms with Crippen LogP contribution in [-0.2, 0) is 29.9 Å². The molecule has 9 nitrogen and oxygen atoms in total. The van der Waals surface area contributed by atoms with Gasteiger partial charge < -0.3 is 14.4 Å². The number of benzene rings is 1. The molecule has 2 aliphatic rings. The van der Waals surface area contributed by atoms with Gasteiger partial charge in [-0.05, 0) is 37.1 Å². The van der Waals surface area contributed by atoms with E-state index in [2.05, 4.69) is 11.8 Å². The third kappa shape index (κ3) is 5.06. The van der Waals surface area contributed by atoms with Crippen molar-refractivity contribution in [1.82, 2.24) is 13.8 Å². The topological polar surface area (TPSA) is 104 Å². The number of piperazine rings is 1. The summed E-state index contributed by atoms with van der Waals surface area (Å²) in [6.45, 7) is 6.88. The van der Waals surface area contributed by atoms with Crippen LogP contribution in [0.5, 0.6) is 5.75 Å². The summed E-state index contributed by atoms with van der Waals surface area (Å²) >= 11 is 0. The van der Waals surface area contributed by atoms with Crippen LogP contribution in [0.25, 0.3) is 0 Å². The highest BCUT2D eigenvalue weighted by Crippen LogP contribution is 2.34. The number of aliphatic imine (C=N–C) groups is 1. The van der Waals surface area contributed by atoms with E-state index in [9.17, 15) is 13.2 Å². The van der Waals surface area contributed by atoms with Crippen LogP contribution in [-0.4, -0.2) is 78.9 Å². The number of aromatic nitrogens is 1. The van der Waals surface area contributed by atoms with E-state index >= 15 is 0 Å². The fourth-order valence-electron chi connectivity index (χ4n) is 4.77. The molecule has 0 bridgehead atoms. The first-order chi connectivity index (χ1) is 16.8. The Morgan fingerprint density at radius 1 is 1.14 bits per heavy atom. The van der Waals surface area contributed by atoms with Crippen LogP contribution in [0.1, 0.15) is 37.0 Å². The lowest BCUT2D eigenvalue weighted by molar-refractivity contribution is 0.151. The predicted octanol–water partition coefficient (Wildman–Crippen LogP) is 1.71. The lowest BCUT2D eigenvalue weighted by atomic mass is 10.0. The molecule has 1 N–H and O–H groups in total. The Morgan fingerprint density at radius 2 is 1.89 bits per heavy atom. The molecule has 4 rings (SSSR count). The molecular weight excluding hydrogens is 468 g/mol. The molecule has 1 aromatic heterocycles. The van der Waals surface area contributed by atoms with Crippen molar-refractivity contribution in [2.45, 2.75) is 38.0 Å². The van der Waals surface area contributed by atoms with Crippen LogP contribution in [0.15, 0.2) is 39.1 Å². The first kappa shape index (κ1) is 25.6. The standard InChI is InChI=1S/C25H34N4O5S/c1-4-6-18-17-27(3)25(31)21-16-22(26-24(18)21)20-15-19(7-8-23(20)34-5-2)35(32,33)29-11-9-28(10-12-29)13-14-30/h7-8,15,17,30H,4-6,9-14,16H2,1-3H3. The fourth-order valence-corrected chi connectivity index (χ4v) is 6.22. The molecule has 0 saturated carbocycles. The lowest BCUT2D eigenvalue weighted by Crippen LogP contribution is -2.49. The highest BCUT2D eigenvalue weighted by atomic mass is 32.2. The van der Waals surface area contributed by atoms with Crippen molar-refractivity contribution in [3.8, 4) is 5.75 Å². The molecule has 0 atom stereocenters. The van der Waals surface area contributed by atoms with Gasteiger partial charge in [-0.2, -0.15) is 4.31 Å². The van der Waals surface area contributed by atoms with Gasteiger partial charge in [-0.1, -0.05) is 13.3 Å². The van der Waals surface area contributed by atoms with Crippen molar-refractivity contribution in [2.24, 2.45) is 12.0 Å². The Morgan fingerprint density at radius 3 is 2.54 bits per heavy atom. The second-order valence-corrected chi connectivity index (χ2v) is 10.9. The Balaban J connectivity index is 1.71. The largest absolute Gasteiger partial charge is 0.493 e. The second kappa shape index (κ2) is 10.6. The lowest BCUT2D eigenvalue weighted by Gasteiger charge is -2.33. The number of sulfonamides is 1. The maximum absolute atomic E-state index is 13.5. The third-order valence-electron chi connectivity index (χ3n) is 6.58. The zero-order chi connectivity index (χ0) is 25.2. The van der Waals surface area contributed by atoms with E-state index in [1.807, 2.05) is 13.1 Å². The summed E-state index contributed by atoms with van der Waals surface area (Å²) < 4.78 is 35.9. The zero-order valence-electron chi connectivity index (χ0n) is 20.7. The molecule has 3 heterocycles. The van der Waals surface area contributed by atoms with E-state index in [-0.39, 0.29) is 17.1 Å². The number of aryl methyl sites for hydroxylation is 2. The first-order valence-electron chi connectivity index (χ1n) is 12.2. The minimum absolute atomic E-state index is 0.0581. The van der Waals surface area contributed by atoms with Crippen LogP contribution in [0.4, 0.5) is 5.69 Å². The van der Waals surface area contributed by atoms with Crippen molar-refractivity contribution in [2.75, 3.05) is 45.9 Å². The van der Waals surface area contributed by atoms with E-state index in [0.29, 0.717) is 74.0 Å². The van der Waals surface area contributed by atoms with E-state index in [1.165, 1.54) is 4.31 Å². The molecule has 2 aromatic rings. The van der Waals surface area contributed by atoms with Gasteiger partial charge in [0.1, 0.15) is 5.75 Å². The average molecular weight is 503 g/mol. The van der Waals surface area contributed by atoms with E-state index in [1.54, 1.807) is 29.8 Å². The Labute approximate surface area is 206 Å². The SMILES string of the molecule is CCCc1cn(C)c(=O)c2c1N=C(c1cc(S(=O)(=O)N3CCN(CCO)CC3)ccc1OCC)C2. The molecule has 2 aliphatic heterocycles. The number of hydrogen-bond acceptors (Lipinski definition) is 7. The summed E-state index contributed by atoms with van der Waals surface area (Å²) in [6.07, 6.45) is 3.92. The van der Waals surface area contributed by atoms with Crippen LogP contribution in [0, 0.1) is 0 Å². The number of β-amino-alcohol motifs (C(OH)–C–C–N with tert-alkyl or cyclic N) is 1. The Hall–Kier alpha value is -2.53. The van der Waals surface area contributed by atoms with E-state index in [0.717, 1.165) is 18.4 Å². The van der Waals surface area contributed by atoms with E-state index < -0.39 is 10.0 Å². The van der Waals surface area contributed by atoms with Crippen LogP contribution in [0.3, 0.4) is 0 Å². The van der Waals surface area contributed by atoms with Gasteiger partial charge in [0.25, 0.3) is 5.56 Å². The summed E-state index contributed by atoms with van der Waals surface area (Å²) in [5, 5.41) is 9.15. The molecule has 1 fully saturated rings. The molecule has 190 valence electrons. The maximum Gasteiger partial charge on any atom is 0.256 e. The molecule has 0 spiro atoms. The summed E-state index contributed by atoms with van der Waals surface area (Å²) in [4.78, 5) is 19.9. The van der Waals surface area contributed by atoms with Crippen LogP contribution in [0.2, 0.25) is 0 Å². The van der Waals surface area contributed by atoms with Gasteiger partial charge >= 0.3 is 0 Å². The van der Waals surface area contributed by atoms with Crippen LogP contribution >= 0.6 is 0 Å². The summed E-state index contributed by atoms with van der Waals surface area (Å²) in [7, 11) is -1.97. The Kier molecular flexibility index (Phi) is 7.75. The minimum atomic E-state index is -3.72. The van der Waals surface area contributed by atoms with Gasteiger partial charge in [0, 0.05) is 63.5 Å². The normalized spacial score (nSPS) is 16.9. The molecule has 35 heavy (non-hydrogen) atoms. The van der Waals surface area contributed by atoms with Gasteiger partial charge in [0.2, 0.25) is 10.0 Å². The summed E-state index contributed by atoms with van der Waals surface area (Å²) in [5.41, 5.74) is 3.54. The quantitative estimate of drug-likeness (QED) is 0.560. The summed E-state index contributed by atoms with van der Waals surface area (Å²) in [6, 6.07) is 4.90. The molecule has 0 radical (unpaired) electrons. The number of aliphatic hydroxyl groups excluding tert-OH is 1. The number of pyridine rings is 1. The van der Waals surface area contributed by atoms with E-state index in [4.69, 9.17) is 14.8 Å². The van der Waals surface area contributed by atoms with Crippen molar-refractivity contribution in [3.63, 3.8) is 0 Å². The second-order valence-electron chi connectivity index (χ2n) is 8.94. The average Bonchev–Trinajstić information content (AvgIpc) is 3.29. The molecule has 0 amide bonds. The monoisotopic (exact) mass is 502 g/mol. The van der Waals surface area contributed by atoms with Crippen LogP contribution < -0.4 is 10.3 Å². The predicted molar refractivity (Wildman–Crippen MR) is 135 cm³/mol. The molecular formula is C25H34N4O5S. The number of rotatable bonds is 9. The molecule has 1 saturated heterocycles. The van der Waals surface area contributed by atoms with Crippen molar-refractivity contribution in [3.05, 3.63) is 51.4 Å². The molecule has 0 aliphatic carbocycles. The molecule has 1 aromatic carbocycles. The van der Waals surface area contributed by atoms with Gasteiger partial charge in [0.15, 0.2) is 0 Å². The highest BCUT2D eigenvalue weighted by Gasteiger charge is 2.31. The van der Waals surface area contributed by atoms with Crippen molar-refractivity contribution < 1.29 is 18.3 Å². The Bertz CT molecular complexity index is 1280. The summed E-state index contributed by atoms with van der Waals surface area (Å²) in [5.74, 6) is 0.555. The smallest absolute Gasteiger partial charge is 0.256 e. The first-order valence-corrected chi connectivity index (χ1v) is 13.6. The zero-order valence-corrected chi connectivity index (χ0v) is 21.5. The minimum Gasteiger partial charge on any atom is -0.493 e. The highest BCUT2D eigenvalue weighted by molar-refractivity contribution is 7.89. The number of hydrogen-bond donors (Lipinski definition) is 1. The number of ether oxygens (including phenoxy) is 1. The molecule has 10 heteroatoms. The van der Waals surface area contributed by atoms with Gasteiger partial charge in [-0.15, -0.1) is 0 Å². The van der Waals surface area contributed by atoms with Gasteiger partial charge in [0.05, 0.1) is 29.5 Å². The van der Waals surface area contributed by atoms with Gasteiger partial charge in [-0.3, -0.25) is 14.7 Å². The van der Waals surface area contributed by atoms with Crippen molar-refractivity contribution in [1.29, 1.82) is 0 Å². The van der Waals surface area contributed by atoms with Crippen molar-refractivity contribution >= 4 is 21.4 Å².